The Morgan fingerprint density at radius 3 is 2.47 bits per heavy atom. The third kappa shape index (κ3) is 8.96. The lowest BCUT2D eigenvalue weighted by Crippen LogP contribution is -2.14. The molecule has 0 amide bonds. The van der Waals surface area contributed by atoms with Gasteiger partial charge in [0.15, 0.2) is 0 Å². The van der Waals surface area contributed by atoms with Crippen LogP contribution in [0, 0.1) is 5.92 Å². The lowest BCUT2D eigenvalue weighted by molar-refractivity contribution is -0.142. The fraction of sp³-hybridized carbons (Fsp3) is 0.800. The van der Waals surface area contributed by atoms with Crippen LogP contribution in [-0.2, 0) is 9.53 Å². The lowest BCUT2D eigenvalue weighted by Gasteiger charge is -2.17. The zero-order chi connectivity index (χ0) is 13.1. The van der Waals surface area contributed by atoms with Crippen LogP contribution in [0.5, 0.6) is 0 Å². The molecular weight excluding hydrogens is 212 g/mol. The van der Waals surface area contributed by atoms with Crippen molar-refractivity contribution in [2.75, 3.05) is 0 Å². The Hall–Kier alpha value is -0.790. The number of carbonyl (C=O) groups is 1. The first-order valence-corrected chi connectivity index (χ1v) is 6.97. The Labute approximate surface area is 106 Å². The fourth-order valence-electron chi connectivity index (χ4n) is 1.95. The van der Waals surface area contributed by atoms with Gasteiger partial charge in [0.05, 0.1) is 6.10 Å². The molecule has 2 heteroatoms. The maximum atomic E-state index is 11.2. The second kappa shape index (κ2) is 10.4. The highest BCUT2D eigenvalue weighted by molar-refractivity contribution is 5.81. The van der Waals surface area contributed by atoms with Crippen molar-refractivity contribution >= 4 is 5.97 Å². The zero-order valence-electron chi connectivity index (χ0n) is 11.9. The number of esters is 1. The predicted octanol–water partition coefficient (Wildman–Crippen LogP) is 4.49. The largest absolute Gasteiger partial charge is 0.460 e. The molecule has 2 nitrogen and oxygen atoms in total. The molecule has 0 rings (SSSR count). The maximum Gasteiger partial charge on any atom is 0.330 e. The molecule has 100 valence electrons. The van der Waals surface area contributed by atoms with Gasteiger partial charge in [0.2, 0.25) is 0 Å². The van der Waals surface area contributed by atoms with Crippen molar-refractivity contribution < 1.29 is 9.53 Å². The van der Waals surface area contributed by atoms with E-state index in [1.54, 1.807) is 6.08 Å². The van der Waals surface area contributed by atoms with E-state index in [-0.39, 0.29) is 12.1 Å². The highest BCUT2D eigenvalue weighted by Crippen LogP contribution is 2.20. The molecule has 0 bridgehead atoms. The zero-order valence-corrected chi connectivity index (χ0v) is 11.9. The van der Waals surface area contributed by atoms with Gasteiger partial charge in [-0.05, 0) is 32.6 Å². The van der Waals surface area contributed by atoms with Crippen molar-refractivity contribution in [2.45, 2.75) is 72.3 Å². The van der Waals surface area contributed by atoms with Crippen LogP contribution < -0.4 is 0 Å². The molecule has 0 unspecified atom stereocenters. The van der Waals surface area contributed by atoms with E-state index in [0.29, 0.717) is 0 Å². The highest BCUT2D eigenvalue weighted by Gasteiger charge is 2.11. The van der Waals surface area contributed by atoms with Crippen molar-refractivity contribution in [3.8, 4) is 0 Å². The first-order chi connectivity index (χ1) is 8.13. The number of allylic oxidation sites excluding steroid dienone is 1. The summed E-state index contributed by atoms with van der Waals surface area (Å²) in [6.07, 6.45) is 10.5. The van der Waals surface area contributed by atoms with Gasteiger partial charge in [-0.25, -0.2) is 4.79 Å². The summed E-state index contributed by atoms with van der Waals surface area (Å²) in [4.78, 5) is 11.2. The third-order valence-corrected chi connectivity index (χ3v) is 3.14. The number of rotatable bonds is 9. The van der Waals surface area contributed by atoms with Crippen molar-refractivity contribution in [1.29, 1.82) is 0 Å². The minimum absolute atomic E-state index is 0.0365. The second-order valence-electron chi connectivity index (χ2n) is 4.74. The minimum atomic E-state index is -0.221. The average molecular weight is 240 g/mol. The van der Waals surface area contributed by atoms with Gasteiger partial charge >= 0.3 is 5.97 Å². The maximum absolute atomic E-state index is 11.2. The van der Waals surface area contributed by atoms with Crippen LogP contribution in [0.1, 0.15) is 66.2 Å². The molecule has 0 N–H and O–H groups in total. The van der Waals surface area contributed by atoms with E-state index in [1.807, 2.05) is 13.8 Å². The molecule has 0 radical (unpaired) electrons. The Morgan fingerprint density at radius 1 is 1.24 bits per heavy atom. The summed E-state index contributed by atoms with van der Waals surface area (Å²) in [6, 6.07) is 0. The smallest absolute Gasteiger partial charge is 0.330 e. The summed E-state index contributed by atoms with van der Waals surface area (Å²) in [5.41, 5.74) is 0. The number of hydrogen-bond acceptors (Lipinski definition) is 2. The van der Waals surface area contributed by atoms with Gasteiger partial charge in [0, 0.05) is 6.08 Å². The Morgan fingerprint density at radius 2 is 1.94 bits per heavy atom. The summed E-state index contributed by atoms with van der Waals surface area (Å²) < 4.78 is 5.26. The molecule has 0 aromatic heterocycles. The lowest BCUT2D eigenvalue weighted by atomic mass is 9.93. The average Bonchev–Trinajstić information content (AvgIpc) is 2.29. The number of carbonyl (C=O) groups excluding carboxylic acids is 1. The van der Waals surface area contributed by atoms with Crippen molar-refractivity contribution in [3.05, 3.63) is 12.2 Å². The molecule has 0 saturated heterocycles. The highest BCUT2D eigenvalue weighted by atomic mass is 16.5. The molecule has 0 aliphatic rings. The van der Waals surface area contributed by atoms with Gasteiger partial charge < -0.3 is 4.74 Å². The van der Waals surface area contributed by atoms with Crippen LogP contribution in [0.15, 0.2) is 12.2 Å². The minimum Gasteiger partial charge on any atom is -0.460 e. The fourth-order valence-corrected chi connectivity index (χ4v) is 1.95. The van der Waals surface area contributed by atoms with Crippen LogP contribution in [0.2, 0.25) is 0 Å². The molecule has 0 heterocycles. The molecule has 2 atom stereocenters. The van der Waals surface area contributed by atoms with Gasteiger partial charge in [-0.3, -0.25) is 0 Å². The molecule has 0 aliphatic heterocycles. The van der Waals surface area contributed by atoms with E-state index in [2.05, 4.69) is 13.8 Å². The first-order valence-electron chi connectivity index (χ1n) is 6.97. The number of hydrogen-bond donors (Lipinski definition) is 0. The quantitative estimate of drug-likeness (QED) is 0.438. The Balaban J connectivity index is 3.79. The van der Waals surface area contributed by atoms with Crippen molar-refractivity contribution in [3.63, 3.8) is 0 Å². The van der Waals surface area contributed by atoms with Crippen LogP contribution in [0.4, 0.5) is 0 Å². The standard InChI is InChI=1S/C15H28O2/c1-5-8-10-14(7-3)12-11-13(4)17-15(16)9-6-2/h6,9,13-14H,5,7-8,10-12H2,1-4H3/b9-6+/t13-,14+/m1/s1. The van der Waals surface area contributed by atoms with Gasteiger partial charge in [0.25, 0.3) is 0 Å². The molecular formula is C15H28O2. The number of unbranched alkanes of at least 4 members (excludes halogenated alkanes) is 1. The van der Waals surface area contributed by atoms with E-state index < -0.39 is 0 Å². The van der Waals surface area contributed by atoms with Crippen molar-refractivity contribution in [1.82, 2.24) is 0 Å². The summed E-state index contributed by atoms with van der Waals surface area (Å²) in [7, 11) is 0. The van der Waals surface area contributed by atoms with E-state index in [4.69, 9.17) is 4.74 Å². The Bertz CT molecular complexity index is 221. The van der Waals surface area contributed by atoms with Crippen LogP contribution >= 0.6 is 0 Å². The topological polar surface area (TPSA) is 26.3 Å². The summed E-state index contributed by atoms with van der Waals surface area (Å²) in [5.74, 6) is 0.569. The molecule has 0 aliphatic carbocycles. The SMILES string of the molecule is C/C=C/C(=O)O[C@H](C)CC[C@@H](CC)CCCC. The Kier molecular flexibility index (Phi) is 9.89. The summed E-state index contributed by atoms with van der Waals surface area (Å²) in [5, 5.41) is 0. The van der Waals surface area contributed by atoms with Gasteiger partial charge in [-0.2, -0.15) is 0 Å². The molecule has 0 aromatic carbocycles. The van der Waals surface area contributed by atoms with E-state index >= 15 is 0 Å². The van der Waals surface area contributed by atoms with Gasteiger partial charge in [0.1, 0.15) is 0 Å². The van der Waals surface area contributed by atoms with Crippen LogP contribution in [0.3, 0.4) is 0 Å². The van der Waals surface area contributed by atoms with E-state index in [0.717, 1.165) is 12.3 Å². The monoisotopic (exact) mass is 240 g/mol. The number of ether oxygens (including phenoxy) is 1. The molecule has 17 heavy (non-hydrogen) atoms. The first kappa shape index (κ1) is 16.2. The van der Waals surface area contributed by atoms with Gasteiger partial charge in [-0.1, -0.05) is 45.6 Å². The van der Waals surface area contributed by atoms with Crippen LogP contribution in [-0.4, -0.2) is 12.1 Å². The van der Waals surface area contributed by atoms with E-state index in [9.17, 15) is 4.79 Å². The summed E-state index contributed by atoms with van der Waals surface area (Å²) >= 11 is 0. The van der Waals surface area contributed by atoms with E-state index in [1.165, 1.54) is 38.2 Å². The molecule has 0 spiro atoms. The molecule has 0 fully saturated rings. The van der Waals surface area contributed by atoms with Crippen molar-refractivity contribution in [2.24, 2.45) is 5.92 Å². The normalized spacial score (nSPS) is 14.8. The third-order valence-electron chi connectivity index (χ3n) is 3.14. The second-order valence-corrected chi connectivity index (χ2v) is 4.74. The molecule has 0 aromatic rings. The molecule has 0 saturated carbocycles. The predicted molar refractivity (Wildman–Crippen MR) is 72.9 cm³/mol. The summed E-state index contributed by atoms with van der Waals surface area (Å²) in [6.45, 7) is 8.28. The van der Waals surface area contributed by atoms with Crippen LogP contribution in [0.25, 0.3) is 0 Å². The van der Waals surface area contributed by atoms with Gasteiger partial charge in [-0.15, -0.1) is 0 Å².